The zero-order valence-electron chi connectivity index (χ0n) is 13.6. The van der Waals surface area contributed by atoms with Crippen molar-refractivity contribution in [3.05, 3.63) is 0 Å². The Morgan fingerprint density at radius 1 is 1.40 bits per heavy atom. The van der Waals surface area contributed by atoms with Crippen molar-refractivity contribution in [1.82, 2.24) is 15.5 Å². The van der Waals surface area contributed by atoms with Crippen LogP contribution in [-0.2, 0) is 4.74 Å². The van der Waals surface area contributed by atoms with Gasteiger partial charge < -0.3 is 20.3 Å². The van der Waals surface area contributed by atoms with Crippen molar-refractivity contribution in [3.63, 3.8) is 0 Å². The highest BCUT2D eigenvalue weighted by atomic mass is 16.5. The van der Waals surface area contributed by atoms with Crippen LogP contribution in [0.5, 0.6) is 0 Å². The lowest BCUT2D eigenvalue weighted by Crippen LogP contribution is -2.46. The summed E-state index contributed by atoms with van der Waals surface area (Å²) in [6.45, 7) is 9.71. The number of methoxy groups -OCH3 is 1. The Balaban J connectivity index is 2.22. The molecule has 0 amide bonds. The van der Waals surface area contributed by atoms with Crippen molar-refractivity contribution < 1.29 is 4.74 Å². The van der Waals surface area contributed by atoms with Gasteiger partial charge in [0.1, 0.15) is 0 Å². The molecule has 2 N–H and O–H groups in total. The number of rotatable bonds is 7. The largest absolute Gasteiger partial charge is 0.385 e. The van der Waals surface area contributed by atoms with Crippen LogP contribution in [0.2, 0.25) is 0 Å². The van der Waals surface area contributed by atoms with Crippen LogP contribution in [-0.4, -0.2) is 63.8 Å². The molecule has 0 aliphatic carbocycles. The lowest BCUT2D eigenvalue weighted by atomic mass is 9.97. The molecule has 0 bridgehead atoms. The van der Waals surface area contributed by atoms with Gasteiger partial charge in [0.2, 0.25) is 0 Å². The van der Waals surface area contributed by atoms with Crippen molar-refractivity contribution in [3.8, 4) is 0 Å². The number of likely N-dealkylation sites (tertiary alicyclic amines) is 1. The Kier molecular flexibility index (Phi) is 8.62. The van der Waals surface area contributed by atoms with E-state index in [1.807, 2.05) is 7.05 Å². The molecule has 118 valence electrons. The number of aliphatic imine (C=N–C) groups is 1. The fourth-order valence-electron chi connectivity index (χ4n) is 2.62. The second-order valence-electron chi connectivity index (χ2n) is 5.82. The van der Waals surface area contributed by atoms with Crippen LogP contribution in [0.15, 0.2) is 4.99 Å². The highest BCUT2D eigenvalue weighted by molar-refractivity contribution is 5.79. The molecule has 1 saturated heterocycles. The molecule has 5 heteroatoms. The summed E-state index contributed by atoms with van der Waals surface area (Å²) in [6.07, 6.45) is 3.63. The predicted molar refractivity (Wildman–Crippen MR) is 85.3 cm³/mol. The monoisotopic (exact) mass is 284 g/mol. The van der Waals surface area contributed by atoms with Crippen molar-refractivity contribution in [2.24, 2.45) is 10.9 Å². The van der Waals surface area contributed by atoms with Gasteiger partial charge in [-0.2, -0.15) is 0 Å². The molecule has 1 fully saturated rings. The number of nitrogens with zero attached hydrogens (tertiary/aromatic N) is 2. The standard InChI is InChI=1S/C15H32N4O/c1-13(2)19-9-5-7-14(12-19)11-18-15(16-3)17-8-6-10-20-4/h13-14H,5-12H2,1-4H3,(H2,16,17,18). The molecule has 0 spiro atoms. The highest BCUT2D eigenvalue weighted by Crippen LogP contribution is 2.17. The molecule has 5 nitrogen and oxygen atoms in total. The predicted octanol–water partition coefficient (Wildman–Crippen LogP) is 1.31. The maximum atomic E-state index is 5.04. The molecule has 0 aromatic rings. The van der Waals surface area contributed by atoms with Gasteiger partial charge in [0.15, 0.2) is 5.96 Å². The van der Waals surface area contributed by atoms with Gasteiger partial charge in [-0.1, -0.05) is 0 Å². The van der Waals surface area contributed by atoms with Gasteiger partial charge in [-0.25, -0.2) is 0 Å². The van der Waals surface area contributed by atoms with E-state index in [4.69, 9.17) is 4.74 Å². The van der Waals surface area contributed by atoms with Crippen LogP contribution in [0.1, 0.15) is 33.1 Å². The first-order valence-electron chi connectivity index (χ1n) is 7.84. The Bertz CT molecular complexity index is 281. The molecule has 1 atom stereocenters. The second kappa shape index (κ2) is 10.00. The number of nitrogens with one attached hydrogen (secondary N) is 2. The normalized spacial score (nSPS) is 21.2. The third kappa shape index (κ3) is 6.57. The van der Waals surface area contributed by atoms with Crippen molar-refractivity contribution in [2.75, 3.05) is 46.9 Å². The second-order valence-corrected chi connectivity index (χ2v) is 5.82. The van der Waals surface area contributed by atoms with Gasteiger partial charge in [-0.3, -0.25) is 4.99 Å². The lowest BCUT2D eigenvalue weighted by molar-refractivity contribution is 0.141. The summed E-state index contributed by atoms with van der Waals surface area (Å²) < 4.78 is 5.04. The molecule has 0 saturated carbocycles. The van der Waals surface area contributed by atoms with E-state index in [1.54, 1.807) is 7.11 Å². The Labute approximate surface area is 124 Å². The van der Waals surface area contributed by atoms with E-state index in [1.165, 1.54) is 25.9 Å². The lowest BCUT2D eigenvalue weighted by Gasteiger charge is -2.35. The summed E-state index contributed by atoms with van der Waals surface area (Å²) in [5, 5.41) is 6.77. The fraction of sp³-hybridized carbons (Fsp3) is 0.933. The van der Waals surface area contributed by atoms with E-state index in [9.17, 15) is 0 Å². The SMILES string of the molecule is CN=C(NCCCOC)NCC1CCCN(C(C)C)C1. The van der Waals surface area contributed by atoms with Crippen molar-refractivity contribution >= 4 is 5.96 Å². The molecular weight excluding hydrogens is 252 g/mol. The first kappa shape index (κ1) is 17.2. The van der Waals surface area contributed by atoms with Crippen LogP contribution in [0, 0.1) is 5.92 Å². The van der Waals surface area contributed by atoms with Gasteiger partial charge in [0.05, 0.1) is 0 Å². The van der Waals surface area contributed by atoms with E-state index < -0.39 is 0 Å². The summed E-state index contributed by atoms with van der Waals surface area (Å²) >= 11 is 0. The Hall–Kier alpha value is -0.810. The zero-order chi connectivity index (χ0) is 14.8. The van der Waals surface area contributed by atoms with Crippen molar-refractivity contribution in [2.45, 2.75) is 39.2 Å². The molecule has 0 radical (unpaired) electrons. The van der Waals surface area contributed by atoms with E-state index in [0.29, 0.717) is 6.04 Å². The van der Waals surface area contributed by atoms with Crippen LogP contribution in [0.4, 0.5) is 0 Å². The summed E-state index contributed by atoms with van der Waals surface area (Å²) in [6, 6.07) is 0.657. The quantitative estimate of drug-likeness (QED) is 0.420. The third-order valence-electron chi connectivity index (χ3n) is 3.88. The molecule has 1 unspecified atom stereocenters. The van der Waals surface area contributed by atoms with Crippen LogP contribution in [0.3, 0.4) is 0 Å². The summed E-state index contributed by atoms with van der Waals surface area (Å²) in [5.74, 6) is 1.63. The van der Waals surface area contributed by atoms with Gasteiger partial charge in [-0.05, 0) is 45.6 Å². The molecule has 1 aliphatic rings. The first-order valence-corrected chi connectivity index (χ1v) is 7.84. The molecule has 1 aliphatic heterocycles. The molecular formula is C15H32N4O. The smallest absolute Gasteiger partial charge is 0.190 e. The average Bonchev–Trinajstić information content (AvgIpc) is 2.47. The number of guanidine groups is 1. The maximum absolute atomic E-state index is 5.04. The fourth-order valence-corrected chi connectivity index (χ4v) is 2.62. The van der Waals surface area contributed by atoms with Gasteiger partial charge >= 0.3 is 0 Å². The number of piperidine rings is 1. The summed E-state index contributed by atoms with van der Waals surface area (Å²) in [4.78, 5) is 6.84. The van der Waals surface area contributed by atoms with Crippen LogP contribution in [0.25, 0.3) is 0 Å². The van der Waals surface area contributed by atoms with Crippen molar-refractivity contribution in [1.29, 1.82) is 0 Å². The van der Waals surface area contributed by atoms with E-state index in [0.717, 1.165) is 38.0 Å². The van der Waals surface area contributed by atoms with E-state index in [-0.39, 0.29) is 0 Å². The number of hydrogen-bond acceptors (Lipinski definition) is 3. The van der Waals surface area contributed by atoms with Gasteiger partial charge in [-0.15, -0.1) is 0 Å². The molecule has 0 aromatic heterocycles. The minimum atomic E-state index is 0.657. The first-order chi connectivity index (χ1) is 9.67. The molecule has 1 heterocycles. The van der Waals surface area contributed by atoms with Crippen LogP contribution >= 0.6 is 0 Å². The third-order valence-corrected chi connectivity index (χ3v) is 3.88. The number of ether oxygens (including phenoxy) is 1. The average molecular weight is 284 g/mol. The minimum Gasteiger partial charge on any atom is -0.385 e. The molecule has 1 rings (SSSR count). The maximum Gasteiger partial charge on any atom is 0.190 e. The topological polar surface area (TPSA) is 48.9 Å². The zero-order valence-corrected chi connectivity index (χ0v) is 13.6. The van der Waals surface area contributed by atoms with Gasteiger partial charge in [0.25, 0.3) is 0 Å². The van der Waals surface area contributed by atoms with Crippen LogP contribution < -0.4 is 10.6 Å². The van der Waals surface area contributed by atoms with Gasteiger partial charge in [0, 0.05) is 46.4 Å². The van der Waals surface area contributed by atoms with E-state index in [2.05, 4.69) is 34.4 Å². The molecule has 0 aromatic carbocycles. The summed E-state index contributed by atoms with van der Waals surface area (Å²) in [7, 11) is 3.56. The minimum absolute atomic E-state index is 0.657. The van der Waals surface area contributed by atoms with E-state index >= 15 is 0 Å². The summed E-state index contributed by atoms with van der Waals surface area (Å²) in [5.41, 5.74) is 0. The Morgan fingerprint density at radius 3 is 2.85 bits per heavy atom. The Morgan fingerprint density at radius 2 is 2.20 bits per heavy atom. The number of hydrogen-bond donors (Lipinski definition) is 2. The highest BCUT2D eigenvalue weighted by Gasteiger charge is 2.21. The molecule has 20 heavy (non-hydrogen) atoms.